The lowest BCUT2D eigenvalue weighted by Crippen LogP contribution is -1.94. The zero-order valence-corrected chi connectivity index (χ0v) is 6.58. The molecule has 0 amide bonds. The molecule has 0 saturated carbocycles. The van der Waals surface area contributed by atoms with E-state index in [0.29, 0.717) is 6.61 Å². The summed E-state index contributed by atoms with van der Waals surface area (Å²) in [5.41, 5.74) is 2.43. The number of hydrogen-bond donors (Lipinski definition) is 1. The summed E-state index contributed by atoms with van der Waals surface area (Å²) in [6.45, 7) is 2.41. The SMILES string of the molecule is Cc1ccc(CCOO)cc1. The van der Waals surface area contributed by atoms with E-state index in [9.17, 15) is 0 Å². The molecule has 0 atom stereocenters. The topological polar surface area (TPSA) is 29.5 Å². The van der Waals surface area contributed by atoms with Crippen LogP contribution in [0.15, 0.2) is 24.3 Å². The highest BCUT2D eigenvalue weighted by Crippen LogP contribution is 2.03. The van der Waals surface area contributed by atoms with E-state index >= 15 is 0 Å². The van der Waals surface area contributed by atoms with E-state index in [-0.39, 0.29) is 0 Å². The van der Waals surface area contributed by atoms with Crippen LogP contribution in [0, 0.1) is 6.92 Å². The zero-order chi connectivity index (χ0) is 8.10. The molecule has 1 N–H and O–H groups in total. The average Bonchev–Trinajstić information content (AvgIpc) is 2.04. The molecule has 0 aliphatic heterocycles. The Hall–Kier alpha value is -0.860. The van der Waals surface area contributed by atoms with Crippen molar-refractivity contribution in [2.75, 3.05) is 6.61 Å². The summed E-state index contributed by atoms with van der Waals surface area (Å²) in [6.07, 6.45) is 0.761. The van der Waals surface area contributed by atoms with E-state index in [0.717, 1.165) is 6.42 Å². The summed E-state index contributed by atoms with van der Waals surface area (Å²) in [6, 6.07) is 8.17. The molecule has 0 fully saturated rings. The molecule has 0 heterocycles. The van der Waals surface area contributed by atoms with Gasteiger partial charge in [-0.15, -0.1) is 0 Å². The normalized spacial score (nSPS) is 10.0. The Balaban J connectivity index is 2.52. The van der Waals surface area contributed by atoms with Gasteiger partial charge in [-0.1, -0.05) is 29.8 Å². The van der Waals surface area contributed by atoms with Crippen molar-refractivity contribution in [3.8, 4) is 0 Å². The van der Waals surface area contributed by atoms with Gasteiger partial charge in [0.15, 0.2) is 0 Å². The van der Waals surface area contributed by atoms with Crippen LogP contribution >= 0.6 is 0 Å². The quantitative estimate of drug-likeness (QED) is 0.530. The number of rotatable bonds is 3. The van der Waals surface area contributed by atoms with Gasteiger partial charge in [0.25, 0.3) is 0 Å². The Bertz CT molecular complexity index is 203. The number of aryl methyl sites for hydroxylation is 1. The van der Waals surface area contributed by atoms with Crippen LogP contribution in [0.3, 0.4) is 0 Å². The molecule has 0 spiro atoms. The first-order valence-corrected chi connectivity index (χ1v) is 3.65. The van der Waals surface area contributed by atoms with E-state index in [2.05, 4.69) is 4.89 Å². The van der Waals surface area contributed by atoms with E-state index in [4.69, 9.17) is 5.26 Å². The van der Waals surface area contributed by atoms with Crippen LogP contribution < -0.4 is 0 Å². The van der Waals surface area contributed by atoms with Gasteiger partial charge in [0.05, 0.1) is 6.61 Å². The summed E-state index contributed by atoms with van der Waals surface area (Å²) in [5.74, 6) is 0. The molecule has 0 aromatic heterocycles. The number of hydrogen-bond acceptors (Lipinski definition) is 2. The van der Waals surface area contributed by atoms with Crippen molar-refractivity contribution < 1.29 is 10.1 Å². The van der Waals surface area contributed by atoms with Crippen LogP contribution in [-0.2, 0) is 11.3 Å². The third-order valence-electron chi connectivity index (χ3n) is 1.60. The van der Waals surface area contributed by atoms with E-state index in [1.807, 2.05) is 31.2 Å². The Morgan fingerprint density at radius 1 is 1.27 bits per heavy atom. The molecule has 0 aliphatic rings. The molecule has 0 radical (unpaired) electrons. The average molecular weight is 152 g/mol. The molecule has 1 rings (SSSR count). The smallest absolute Gasteiger partial charge is 0.0860 e. The van der Waals surface area contributed by atoms with Crippen LogP contribution in [0.25, 0.3) is 0 Å². The lowest BCUT2D eigenvalue weighted by Gasteiger charge is -1.98. The number of benzene rings is 1. The summed E-state index contributed by atoms with van der Waals surface area (Å²) < 4.78 is 0. The van der Waals surface area contributed by atoms with Gasteiger partial charge < -0.3 is 0 Å². The molecule has 11 heavy (non-hydrogen) atoms. The Labute approximate surface area is 66.4 Å². The standard InChI is InChI=1S/C9H12O2/c1-8-2-4-9(5-3-8)6-7-11-10/h2-5,10H,6-7H2,1H3. The van der Waals surface area contributed by atoms with E-state index in [1.165, 1.54) is 11.1 Å². The molecule has 0 aliphatic carbocycles. The molecule has 2 nitrogen and oxygen atoms in total. The third kappa shape index (κ3) is 2.70. The largest absolute Gasteiger partial charge is 0.252 e. The Morgan fingerprint density at radius 3 is 2.45 bits per heavy atom. The zero-order valence-electron chi connectivity index (χ0n) is 6.58. The summed E-state index contributed by atoms with van der Waals surface area (Å²) in [5, 5.41) is 8.08. The highest BCUT2D eigenvalue weighted by Gasteiger charge is 1.91. The maximum absolute atomic E-state index is 8.08. The molecular formula is C9H12O2. The van der Waals surface area contributed by atoms with Crippen molar-refractivity contribution >= 4 is 0 Å². The van der Waals surface area contributed by atoms with Crippen LogP contribution in [0.2, 0.25) is 0 Å². The maximum Gasteiger partial charge on any atom is 0.0860 e. The fourth-order valence-electron chi connectivity index (χ4n) is 0.918. The van der Waals surface area contributed by atoms with Crippen molar-refractivity contribution in [1.82, 2.24) is 0 Å². The van der Waals surface area contributed by atoms with Crippen molar-refractivity contribution in [3.05, 3.63) is 35.4 Å². The fourth-order valence-corrected chi connectivity index (χ4v) is 0.918. The molecular weight excluding hydrogens is 140 g/mol. The summed E-state index contributed by atoms with van der Waals surface area (Å²) in [7, 11) is 0. The molecule has 1 aromatic carbocycles. The van der Waals surface area contributed by atoms with Crippen molar-refractivity contribution in [1.29, 1.82) is 0 Å². The van der Waals surface area contributed by atoms with E-state index < -0.39 is 0 Å². The van der Waals surface area contributed by atoms with Gasteiger partial charge in [0.2, 0.25) is 0 Å². The third-order valence-corrected chi connectivity index (χ3v) is 1.60. The maximum atomic E-state index is 8.08. The van der Waals surface area contributed by atoms with Gasteiger partial charge in [-0.3, -0.25) is 5.26 Å². The molecule has 1 aromatic rings. The van der Waals surface area contributed by atoms with Gasteiger partial charge in [-0.05, 0) is 18.9 Å². The molecule has 0 saturated heterocycles. The predicted molar refractivity (Wildman–Crippen MR) is 43.5 cm³/mol. The minimum Gasteiger partial charge on any atom is -0.252 e. The van der Waals surface area contributed by atoms with Gasteiger partial charge >= 0.3 is 0 Å². The second kappa shape index (κ2) is 4.11. The molecule has 2 heteroatoms. The highest BCUT2D eigenvalue weighted by molar-refractivity contribution is 5.21. The van der Waals surface area contributed by atoms with Gasteiger partial charge in [0, 0.05) is 0 Å². The highest BCUT2D eigenvalue weighted by atomic mass is 17.1. The summed E-state index contributed by atoms with van der Waals surface area (Å²) in [4.78, 5) is 3.98. The minimum absolute atomic E-state index is 0.364. The summed E-state index contributed by atoms with van der Waals surface area (Å²) >= 11 is 0. The molecule has 60 valence electrons. The first-order chi connectivity index (χ1) is 5.33. The van der Waals surface area contributed by atoms with Gasteiger partial charge in [0.1, 0.15) is 0 Å². The lowest BCUT2D eigenvalue weighted by atomic mass is 10.1. The fraction of sp³-hybridized carbons (Fsp3) is 0.333. The first kappa shape index (κ1) is 8.24. The molecule has 0 unspecified atom stereocenters. The monoisotopic (exact) mass is 152 g/mol. The first-order valence-electron chi connectivity index (χ1n) is 3.65. The van der Waals surface area contributed by atoms with Crippen LogP contribution in [0.5, 0.6) is 0 Å². The van der Waals surface area contributed by atoms with Crippen molar-refractivity contribution in [2.45, 2.75) is 13.3 Å². The van der Waals surface area contributed by atoms with E-state index in [1.54, 1.807) is 0 Å². The van der Waals surface area contributed by atoms with Crippen molar-refractivity contribution in [2.24, 2.45) is 0 Å². The Kier molecular flexibility index (Phi) is 3.08. The second-order valence-electron chi connectivity index (χ2n) is 2.57. The lowest BCUT2D eigenvalue weighted by molar-refractivity contribution is -0.241. The van der Waals surface area contributed by atoms with Gasteiger partial charge in [-0.2, -0.15) is 0 Å². The minimum atomic E-state index is 0.364. The predicted octanol–water partition coefficient (Wildman–Crippen LogP) is 2.03. The van der Waals surface area contributed by atoms with Crippen LogP contribution in [0.4, 0.5) is 0 Å². The van der Waals surface area contributed by atoms with Gasteiger partial charge in [-0.25, -0.2) is 4.89 Å². The Morgan fingerprint density at radius 2 is 1.91 bits per heavy atom. The van der Waals surface area contributed by atoms with Crippen LogP contribution in [-0.4, -0.2) is 11.9 Å². The van der Waals surface area contributed by atoms with Crippen molar-refractivity contribution in [3.63, 3.8) is 0 Å². The second-order valence-corrected chi connectivity index (χ2v) is 2.57. The van der Waals surface area contributed by atoms with Crippen LogP contribution in [0.1, 0.15) is 11.1 Å². The molecule has 0 bridgehead atoms.